The second kappa shape index (κ2) is 8.23. The van der Waals surface area contributed by atoms with Gasteiger partial charge in [-0.1, -0.05) is 37.3 Å². The molecule has 0 aliphatic heterocycles. The molecule has 3 aromatic rings. The second-order valence-corrected chi connectivity index (χ2v) is 14.1. The predicted octanol–water partition coefficient (Wildman–Crippen LogP) is 6.13. The molecular formula is C21H26ClFN2O2Si. The number of aryl methyl sites for hydroxylation is 1. The van der Waals surface area contributed by atoms with Crippen LogP contribution in [0.25, 0.3) is 22.2 Å². The van der Waals surface area contributed by atoms with Gasteiger partial charge in [-0.2, -0.15) is 0 Å². The van der Waals surface area contributed by atoms with Crippen molar-refractivity contribution in [1.29, 1.82) is 0 Å². The van der Waals surface area contributed by atoms with Crippen molar-refractivity contribution in [2.24, 2.45) is 0 Å². The van der Waals surface area contributed by atoms with Crippen LogP contribution < -0.4 is 4.74 Å². The molecule has 4 nitrogen and oxygen atoms in total. The zero-order chi connectivity index (χ0) is 20.5. The van der Waals surface area contributed by atoms with Gasteiger partial charge in [-0.05, 0) is 36.7 Å². The molecule has 7 heteroatoms. The van der Waals surface area contributed by atoms with Gasteiger partial charge < -0.3 is 14.0 Å². The molecule has 2 aromatic heterocycles. The number of halogens is 2. The van der Waals surface area contributed by atoms with E-state index in [2.05, 4.69) is 24.6 Å². The summed E-state index contributed by atoms with van der Waals surface area (Å²) in [6.45, 7) is 9.87. The molecule has 0 bridgehead atoms. The Morgan fingerprint density at radius 1 is 1.25 bits per heavy atom. The number of ether oxygens (including phenoxy) is 2. The lowest BCUT2D eigenvalue weighted by Gasteiger charge is -2.18. The Hall–Kier alpha value is -1.89. The van der Waals surface area contributed by atoms with Crippen molar-refractivity contribution in [3.05, 3.63) is 47.0 Å². The highest BCUT2D eigenvalue weighted by Crippen LogP contribution is 2.39. The van der Waals surface area contributed by atoms with E-state index in [1.165, 1.54) is 6.07 Å². The third kappa shape index (κ3) is 4.24. The zero-order valence-electron chi connectivity index (χ0n) is 17.0. The topological polar surface area (TPSA) is 36.3 Å². The van der Waals surface area contributed by atoms with Crippen molar-refractivity contribution in [1.82, 2.24) is 9.55 Å². The standard InChI is InChI=1S/C21H26ClFN2O2Si/c1-14-15-12-24-19(22)11-17(15)25(13-27-9-10-28(3,4)5)21(14)20-16(23)7-6-8-18(20)26-2/h6-8,11-12H,9-10,13H2,1-5H3. The largest absolute Gasteiger partial charge is 0.496 e. The van der Waals surface area contributed by atoms with Crippen molar-refractivity contribution in [2.45, 2.75) is 39.3 Å². The van der Waals surface area contributed by atoms with Gasteiger partial charge in [0.2, 0.25) is 0 Å². The van der Waals surface area contributed by atoms with E-state index >= 15 is 0 Å². The van der Waals surface area contributed by atoms with E-state index in [9.17, 15) is 4.39 Å². The van der Waals surface area contributed by atoms with Crippen molar-refractivity contribution >= 4 is 30.6 Å². The molecule has 28 heavy (non-hydrogen) atoms. The highest BCUT2D eigenvalue weighted by molar-refractivity contribution is 6.76. The van der Waals surface area contributed by atoms with Gasteiger partial charge in [0.25, 0.3) is 0 Å². The van der Waals surface area contributed by atoms with E-state index in [0.717, 1.165) is 28.2 Å². The number of aromatic nitrogens is 2. The number of pyridine rings is 1. The number of rotatable bonds is 7. The van der Waals surface area contributed by atoms with Crippen LogP contribution in [0.3, 0.4) is 0 Å². The summed E-state index contributed by atoms with van der Waals surface area (Å²) in [4.78, 5) is 4.20. The zero-order valence-corrected chi connectivity index (χ0v) is 18.7. The van der Waals surface area contributed by atoms with Gasteiger partial charge in [0.05, 0.1) is 23.9 Å². The van der Waals surface area contributed by atoms with Crippen LogP contribution in [0.1, 0.15) is 5.56 Å². The molecule has 0 fully saturated rings. The Balaban J connectivity index is 2.13. The first kappa shape index (κ1) is 20.8. The first-order valence-corrected chi connectivity index (χ1v) is 13.4. The summed E-state index contributed by atoms with van der Waals surface area (Å²) in [6, 6.07) is 7.70. The lowest BCUT2D eigenvalue weighted by Crippen LogP contribution is -2.22. The Morgan fingerprint density at radius 3 is 2.68 bits per heavy atom. The van der Waals surface area contributed by atoms with Crippen LogP contribution in [0.4, 0.5) is 4.39 Å². The van der Waals surface area contributed by atoms with Crippen LogP contribution in [0.5, 0.6) is 5.75 Å². The molecule has 0 spiro atoms. The van der Waals surface area contributed by atoms with Crippen molar-refractivity contribution in [3.63, 3.8) is 0 Å². The van der Waals surface area contributed by atoms with Gasteiger partial charge in [0.15, 0.2) is 0 Å². The molecule has 0 aliphatic rings. The molecule has 150 valence electrons. The highest BCUT2D eigenvalue weighted by Gasteiger charge is 2.22. The summed E-state index contributed by atoms with van der Waals surface area (Å²) in [6.07, 6.45) is 1.72. The maximum Gasteiger partial charge on any atom is 0.136 e. The average molecular weight is 421 g/mol. The second-order valence-electron chi connectivity index (χ2n) is 8.09. The molecule has 0 radical (unpaired) electrons. The molecule has 0 amide bonds. The third-order valence-corrected chi connectivity index (χ3v) is 6.73. The van der Waals surface area contributed by atoms with Gasteiger partial charge >= 0.3 is 0 Å². The normalized spacial score (nSPS) is 12.0. The predicted molar refractivity (Wildman–Crippen MR) is 116 cm³/mol. The van der Waals surface area contributed by atoms with Crippen LogP contribution in [0, 0.1) is 12.7 Å². The quantitative estimate of drug-likeness (QED) is 0.262. The lowest BCUT2D eigenvalue weighted by atomic mass is 10.1. The maximum atomic E-state index is 14.9. The minimum absolute atomic E-state index is 0.308. The molecule has 0 saturated carbocycles. The first-order chi connectivity index (χ1) is 13.2. The fourth-order valence-corrected chi connectivity index (χ4v) is 4.19. The molecule has 0 atom stereocenters. The molecule has 0 aliphatic carbocycles. The summed E-state index contributed by atoms with van der Waals surface area (Å²) in [5.41, 5.74) is 2.92. The number of fused-ring (bicyclic) bond motifs is 1. The Kier molecular flexibility index (Phi) is 6.12. The molecular weight excluding hydrogens is 395 g/mol. The monoisotopic (exact) mass is 420 g/mol. The van der Waals surface area contributed by atoms with E-state index in [-0.39, 0.29) is 5.82 Å². The summed E-state index contributed by atoms with van der Waals surface area (Å²) < 4.78 is 28.3. The summed E-state index contributed by atoms with van der Waals surface area (Å²) in [5.74, 6) is 0.140. The van der Waals surface area contributed by atoms with Crippen LogP contribution in [0.2, 0.25) is 30.8 Å². The highest BCUT2D eigenvalue weighted by atomic mass is 35.5. The lowest BCUT2D eigenvalue weighted by molar-refractivity contribution is 0.0911. The van der Waals surface area contributed by atoms with E-state index in [4.69, 9.17) is 21.1 Å². The van der Waals surface area contributed by atoms with Gasteiger partial charge in [0, 0.05) is 26.3 Å². The molecule has 1 aromatic carbocycles. The average Bonchev–Trinajstić information content (AvgIpc) is 2.89. The Labute approximate surface area is 171 Å². The summed E-state index contributed by atoms with van der Waals surface area (Å²) in [5, 5.41) is 1.30. The number of methoxy groups -OCH3 is 1. The minimum Gasteiger partial charge on any atom is -0.496 e. The van der Waals surface area contributed by atoms with E-state index in [1.54, 1.807) is 31.5 Å². The van der Waals surface area contributed by atoms with Crippen LogP contribution in [-0.2, 0) is 11.5 Å². The van der Waals surface area contributed by atoms with E-state index in [1.807, 2.05) is 11.5 Å². The van der Waals surface area contributed by atoms with Crippen LogP contribution in [0.15, 0.2) is 30.5 Å². The van der Waals surface area contributed by atoms with E-state index < -0.39 is 8.07 Å². The Bertz CT molecular complexity index is 998. The number of benzene rings is 1. The number of hydrogen-bond donors (Lipinski definition) is 0. The van der Waals surface area contributed by atoms with Crippen molar-refractivity contribution < 1.29 is 13.9 Å². The summed E-state index contributed by atoms with van der Waals surface area (Å²) >= 11 is 6.15. The van der Waals surface area contributed by atoms with E-state index in [0.29, 0.717) is 29.8 Å². The number of hydrogen-bond acceptors (Lipinski definition) is 3. The first-order valence-electron chi connectivity index (χ1n) is 9.28. The van der Waals surface area contributed by atoms with Crippen molar-refractivity contribution in [3.8, 4) is 17.0 Å². The Morgan fingerprint density at radius 2 is 2.00 bits per heavy atom. The minimum atomic E-state index is -1.20. The molecule has 0 N–H and O–H groups in total. The third-order valence-electron chi connectivity index (χ3n) is 4.82. The fraction of sp³-hybridized carbons (Fsp3) is 0.381. The van der Waals surface area contributed by atoms with Gasteiger partial charge in [-0.15, -0.1) is 0 Å². The molecule has 2 heterocycles. The summed E-state index contributed by atoms with van der Waals surface area (Å²) in [7, 11) is 0.346. The van der Waals surface area contributed by atoms with Crippen molar-refractivity contribution in [2.75, 3.05) is 13.7 Å². The smallest absolute Gasteiger partial charge is 0.136 e. The van der Waals surface area contributed by atoms with Gasteiger partial charge in [0.1, 0.15) is 23.5 Å². The maximum absolute atomic E-state index is 14.9. The number of nitrogens with zero attached hydrogens (tertiary/aromatic N) is 2. The SMILES string of the molecule is COc1cccc(F)c1-c1c(C)c2cnc(Cl)cc2n1COCC[Si](C)(C)C. The molecule has 0 saturated heterocycles. The van der Waals surface area contributed by atoms with Gasteiger partial charge in [-0.3, -0.25) is 0 Å². The van der Waals surface area contributed by atoms with Gasteiger partial charge in [-0.25, -0.2) is 9.37 Å². The molecule has 0 unspecified atom stereocenters. The van der Waals surface area contributed by atoms with Crippen LogP contribution in [-0.4, -0.2) is 31.3 Å². The molecule has 3 rings (SSSR count). The van der Waals surface area contributed by atoms with Crippen LogP contribution >= 0.6 is 11.6 Å². The fourth-order valence-electron chi connectivity index (χ4n) is 3.28.